The van der Waals surface area contributed by atoms with Gasteiger partial charge in [0.25, 0.3) is 0 Å². The zero-order valence-corrected chi connectivity index (χ0v) is 13.5. The fourth-order valence-corrected chi connectivity index (χ4v) is 2.58. The number of anilines is 1. The highest BCUT2D eigenvalue weighted by molar-refractivity contribution is 5.82. The van der Waals surface area contributed by atoms with E-state index in [1.807, 2.05) is 0 Å². The summed E-state index contributed by atoms with van der Waals surface area (Å²) in [5.74, 6) is -0.317. The number of halogens is 2. The molecule has 0 aliphatic rings. The van der Waals surface area contributed by atoms with Crippen molar-refractivity contribution in [3.05, 3.63) is 77.6 Å². The molecule has 0 radical (unpaired) electrons. The van der Waals surface area contributed by atoms with Crippen molar-refractivity contribution in [1.29, 1.82) is 0 Å². The molecule has 0 saturated heterocycles. The van der Waals surface area contributed by atoms with Gasteiger partial charge in [0.2, 0.25) is 0 Å². The molecule has 3 rings (SSSR count). The van der Waals surface area contributed by atoms with Gasteiger partial charge in [-0.1, -0.05) is 12.1 Å². The Morgan fingerprint density at radius 2 is 1.88 bits per heavy atom. The monoisotopic (exact) mass is 339 g/mol. The molecule has 0 unspecified atom stereocenters. The van der Waals surface area contributed by atoms with Crippen LogP contribution >= 0.6 is 0 Å². The molecule has 0 saturated carbocycles. The lowest BCUT2D eigenvalue weighted by atomic mass is 10.0. The Labute approximate surface area is 143 Å². The molecule has 3 aromatic rings. The fourth-order valence-electron chi connectivity index (χ4n) is 2.58. The number of carbonyl (C=O) groups is 1. The van der Waals surface area contributed by atoms with E-state index in [1.165, 1.54) is 24.4 Å². The van der Waals surface area contributed by atoms with E-state index in [0.29, 0.717) is 34.5 Å². The molecule has 0 atom stereocenters. The van der Waals surface area contributed by atoms with Crippen molar-refractivity contribution >= 4 is 12.1 Å². The van der Waals surface area contributed by atoms with Crippen LogP contribution in [0, 0.1) is 11.6 Å². The first-order valence-electron chi connectivity index (χ1n) is 7.61. The molecule has 0 bridgehead atoms. The van der Waals surface area contributed by atoms with Crippen LogP contribution in [0.25, 0.3) is 11.3 Å². The third-order valence-electron chi connectivity index (χ3n) is 3.85. The third kappa shape index (κ3) is 3.52. The molecular formula is C19H15F2N3O. The van der Waals surface area contributed by atoms with Gasteiger partial charge >= 0.3 is 0 Å². The first kappa shape index (κ1) is 16.7. The molecule has 1 aromatic carbocycles. The van der Waals surface area contributed by atoms with Crippen molar-refractivity contribution < 1.29 is 13.6 Å². The second-order valence-corrected chi connectivity index (χ2v) is 5.52. The first-order valence-corrected chi connectivity index (χ1v) is 7.61. The molecule has 6 heteroatoms. The fraction of sp³-hybridized carbons (Fsp3) is 0.105. The number of rotatable bonds is 5. The van der Waals surface area contributed by atoms with E-state index in [2.05, 4.69) is 9.97 Å². The van der Waals surface area contributed by atoms with Crippen molar-refractivity contribution in [3.63, 3.8) is 0 Å². The quantitative estimate of drug-likeness (QED) is 0.662. The number of carbonyl (C=O) groups excluding carboxylic acids is 1. The van der Waals surface area contributed by atoms with E-state index in [4.69, 9.17) is 0 Å². The minimum atomic E-state index is -0.431. The van der Waals surface area contributed by atoms with Crippen LogP contribution < -0.4 is 4.90 Å². The van der Waals surface area contributed by atoms with Crippen molar-refractivity contribution in [2.24, 2.45) is 0 Å². The predicted octanol–water partition coefficient (Wildman–Crippen LogP) is 3.87. The summed E-state index contributed by atoms with van der Waals surface area (Å²) >= 11 is 0. The van der Waals surface area contributed by atoms with Crippen LogP contribution in [0.15, 0.2) is 54.9 Å². The van der Waals surface area contributed by atoms with Crippen LogP contribution in [-0.4, -0.2) is 23.3 Å². The summed E-state index contributed by atoms with van der Waals surface area (Å²) in [5, 5.41) is 0. The van der Waals surface area contributed by atoms with Crippen molar-refractivity contribution in [3.8, 4) is 11.3 Å². The number of nitrogens with zero attached hydrogens (tertiary/aromatic N) is 3. The van der Waals surface area contributed by atoms with Crippen LogP contribution in [-0.2, 0) is 6.54 Å². The van der Waals surface area contributed by atoms with Gasteiger partial charge in [0.1, 0.15) is 17.5 Å². The highest BCUT2D eigenvalue weighted by atomic mass is 19.1. The van der Waals surface area contributed by atoms with E-state index >= 15 is 0 Å². The van der Waals surface area contributed by atoms with Crippen LogP contribution in [0.5, 0.6) is 0 Å². The Morgan fingerprint density at radius 1 is 1.08 bits per heavy atom. The molecular weight excluding hydrogens is 324 g/mol. The molecule has 2 heterocycles. The van der Waals surface area contributed by atoms with Crippen LogP contribution in [0.4, 0.5) is 14.6 Å². The number of aldehydes is 1. The number of pyridine rings is 2. The molecule has 2 aromatic heterocycles. The summed E-state index contributed by atoms with van der Waals surface area (Å²) in [6, 6.07) is 10.7. The minimum Gasteiger partial charge on any atom is -0.355 e. The standard InChI is InChI=1S/C19H15F2N3O/c1-24(18-7-6-14(20)10-23-18)11-16-13(12-25)8-9-22-19(16)15-4-2-3-5-17(15)21/h2-10,12H,11H2,1H3. The normalized spacial score (nSPS) is 10.5. The topological polar surface area (TPSA) is 46.1 Å². The number of hydrogen-bond acceptors (Lipinski definition) is 4. The van der Waals surface area contributed by atoms with Crippen molar-refractivity contribution in [2.45, 2.75) is 6.54 Å². The maximum atomic E-state index is 14.2. The maximum Gasteiger partial charge on any atom is 0.150 e. The highest BCUT2D eigenvalue weighted by Gasteiger charge is 2.16. The van der Waals surface area contributed by atoms with E-state index in [1.54, 1.807) is 36.2 Å². The Balaban J connectivity index is 2.04. The first-order chi connectivity index (χ1) is 12.1. The zero-order valence-electron chi connectivity index (χ0n) is 13.5. The Kier molecular flexibility index (Phi) is 4.79. The van der Waals surface area contributed by atoms with Gasteiger partial charge in [0, 0.05) is 36.5 Å². The van der Waals surface area contributed by atoms with Gasteiger partial charge in [-0.05, 0) is 30.3 Å². The molecule has 126 valence electrons. The van der Waals surface area contributed by atoms with Gasteiger partial charge in [0.05, 0.1) is 11.9 Å². The highest BCUT2D eigenvalue weighted by Crippen LogP contribution is 2.27. The predicted molar refractivity (Wildman–Crippen MR) is 91.3 cm³/mol. The van der Waals surface area contributed by atoms with Gasteiger partial charge in [-0.15, -0.1) is 0 Å². The summed E-state index contributed by atoms with van der Waals surface area (Å²) in [4.78, 5) is 21.5. The number of benzene rings is 1. The summed E-state index contributed by atoms with van der Waals surface area (Å²) < 4.78 is 27.2. The summed E-state index contributed by atoms with van der Waals surface area (Å²) in [5.41, 5.74) is 1.72. The molecule has 0 spiro atoms. The summed E-state index contributed by atoms with van der Waals surface area (Å²) in [6.07, 6.45) is 3.31. The third-order valence-corrected chi connectivity index (χ3v) is 3.85. The largest absolute Gasteiger partial charge is 0.355 e. The lowest BCUT2D eigenvalue weighted by molar-refractivity contribution is 0.112. The maximum absolute atomic E-state index is 14.2. The van der Waals surface area contributed by atoms with Gasteiger partial charge in [-0.2, -0.15) is 0 Å². The van der Waals surface area contributed by atoms with Gasteiger partial charge in [-0.3, -0.25) is 9.78 Å². The van der Waals surface area contributed by atoms with E-state index in [-0.39, 0.29) is 6.54 Å². The van der Waals surface area contributed by atoms with Gasteiger partial charge in [0.15, 0.2) is 6.29 Å². The van der Waals surface area contributed by atoms with Crippen molar-refractivity contribution in [2.75, 3.05) is 11.9 Å². The smallest absolute Gasteiger partial charge is 0.150 e. The molecule has 0 aliphatic heterocycles. The molecule has 0 amide bonds. The summed E-state index contributed by atoms with van der Waals surface area (Å²) in [6.45, 7) is 0.268. The zero-order chi connectivity index (χ0) is 17.8. The average molecular weight is 339 g/mol. The van der Waals surface area contributed by atoms with Crippen molar-refractivity contribution in [1.82, 2.24) is 9.97 Å². The molecule has 0 fully saturated rings. The average Bonchev–Trinajstić information content (AvgIpc) is 2.63. The number of aromatic nitrogens is 2. The Hall–Kier alpha value is -3.15. The lowest BCUT2D eigenvalue weighted by Gasteiger charge is -2.21. The van der Waals surface area contributed by atoms with Gasteiger partial charge < -0.3 is 4.90 Å². The second kappa shape index (κ2) is 7.17. The number of hydrogen-bond donors (Lipinski definition) is 0. The molecule has 4 nitrogen and oxygen atoms in total. The Morgan fingerprint density at radius 3 is 2.56 bits per heavy atom. The SMILES string of the molecule is CN(Cc1c(C=O)ccnc1-c1ccccc1F)c1ccc(F)cn1. The van der Waals surface area contributed by atoms with E-state index in [0.717, 1.165) is 6.20 Å². The second-order valence-electron chi connectivity index (χ2n) is 5.52. The summed E-state index contributed by atoms with van der Waals surface area (Å²) in [7, 11) is 1.76. The lowest BCUT2D eigenvalue weighted by Crippen LogP contribution is -2.19. The van der Waals surface area contributed by atoms with Crippen LogP contribution in [0.2, 0.25) is 0 Å². The molecule has 25 heavy (non-hydrogen) atoms. The van der Waals surface area contributed by atoms with E-state index in [9.17, 15) is 13.6 Å². The minimum absolute atomic E-state index is 0.268. The van der Waals surface area contributed by atoms with Crippen LogP contribution in [0.1, 0.15) is 15.9 Å². The van der Waals surface area contributed by atoms with Crippen LogP contribution in [0.3, 0.4) is 0 Å². The molecule has 0 N–H and O–H groups in total. The van der Waals surface area contributed by atoms with E-state index < -0.39 is 11.6 Å². The molecule has 0 aliphatic carbocycles. The van der Waals surface area contributed by atoms with Gasteiger partial charge in [-0.25, -0.2) is 13.8 Å². The Bertz CT molecular complexity index is 897.